The van der Waals surface area contributed by atoms with Gasteiger partial charge in [0.15, 0.2) is 0 Å². The number of hydrogen-bond donors (Lipinski definition) is 2. The molecule has 1 atom stereocenters. The first-order valence-electron chi connectivity index (χ1n) is 7.08. The molecule has 1 unspecified atom stereocenters. The monoisotopic (exact) mass is 270 g/mol. The van der Waals surface area contributed by atoms with Crippen LogP contribution >= 0.6 is 0 Å². The van der Waals surface area contributed by atoms with Crippen LogP contribution in [0.15, 0.2) is 54.6 Å². The van der Waals surface area contributed by atoms with E-state index < -0.39 is 0 Å². The highest BCUT2D eigenvalue weighted by molar-refractivity contribution is 5.46. The van der Waals surface area contributed by atoms with Crippen LogP contribution in [0.1, 0.15) is 24.9 Å². The Hall–Kier alpha value is -2.00. The Bertz CT molecular complexity index is 513. The lowest BCUT2D eigenvalue weighted by Gasteiger charge is -2.19. The summed E-state index contributed by atoms with van der Waals surface area (Å²) < 4.78 is 5.67. The first-order chi connectivity index (χ1) is 9.83. The Balaban J connectivity index is 2.10. The van der Waals surface area contributed by atoms with E-state index >= 15 is 0 Å². The zero-order valence-electron chi connectivity index (χ0n) is 11.9. The first-order valence-corrected chi connectivity index (χ1v) is 7.08. The number of nitrogens with one attached hydrogen (secondary N) is 1. The summed E-state index contributed by atoms with van der Waals surface area (Å²) in [4.78, 5) is 0. The fourth-order valence-corrected chi connectivity index (χ4v) is 2.05. The summed E-state index contributed by atoms with van der Waals surface area (Å²) in [6, 6.07) is 18.3. The Morgan fingerprint density at radius 3 is 2.60 bits per heavy atom. The Kier molecular flexibility index (Phi) is 5.44. The minimum atomic E-state index is 0.0857. The fourth-order valence-electron chi connectivity index (χ4n) is 2.05. The van der Waals surface area contributed by atoms with Crippen LogP contribution < -0.4 is 15.8 Å². The third-order valence-corrected chi connectivity index (χ3v) is 3.08. The molecule has 3 nitrogen and oxygen atoms in total. The Morgan fingerprint density at radius 1 is 1.10 bits per heavy atom. The Labute approximate surface area is 120 Å². The van der Waals surface area contributed by atoms with Crippen molar-refractivity contribution in [1.29, 1.82) is 0 Å². The van der Waals surface area contributed by atoms with Gasteiger partial charge in [0.1, 0.15) is 5.75 Å². The summed E-state index contributed by atoms with van der Waals surface area (Å²) in [6.45, 7) is 3.37. The van der Waals surface area contributed by atoms with E-state index in [-0.39, 0.29) is 6.04 Å². The number of hydrogen-bond acceptors (Lipinski definition) is 3. The second-order valence-electron chi connectivity index (χ2n) is 4.72. The van der Waals surface area contributed by atoms with Crippen LogP contribution in [0, 0.1) is 0 Å². The smallest absolute Gasteiger partial charge is 0.119 e. The molecule has 0 aromatic heterocycles. The van der Waals surface area contributed by atoms with Crippen LogP contribution in [0.2, 0.25) is 0 Å². The molecule has 0 bridgehead atoms. The van der Waals surface area contributed by atoms with E-state index in [9.17, 15) is 0 Å². The molecule has 0 saturated heterocycles. The lowest BCUT2D eigenvalue weighted by molar-refractivity contribution is 0.317. The molecule has 2 aromatic carbocycles. The minimum absolute atomic E-state index is 0.0857. The van der Waals surface area contributed by atoms with Gasteiger partial charge in [0.05, 0.1) is 12.6 Å². The fraction of sp³-hybridized carbons (Fsp3) is 0.294. The molecule has 0 spiro atoms. The van der Waals surface area contributed by atoms with E-state index in [1.54, 1.807) is 0 Å². The van der Waals surface area contributed by atoms with Crippen molar-refractivity contribution in [3.8, 4) is 5.75 Å². The van der Waals surface area contributed by atoms with E-state index in [1.165, 1.54) is 0 Å². The van der Waals surface area contributed by atoms with Crippen molar-refractivity contribution in [3.05, 3.63) is 60.2 Å². The molecule has 2 rings (SSSR count). The highest BCUT2D eigenvalue weighted by Gasteiger charge is 2.10. The van der Waals surface area contributed by atoms with Gasteiger partial charge in [-0.25, -0.2) is 0 Å². The van der Waals surface area contributed by atoms with Gasteiger partial charge in [-0.1, -0.05) is 37.3 Å². The molecule has 0 amide bonds. The third-order valence-electron chi connectivity index (χ3n) is 3.08. The van der Waals surface area contributed by atoms with Crippen molar-refractivity contribution in [2.75, 3.05) is 18.5 Å². The summed E-state index contributed by atoms with van der Waals surface area (Å²) in [6.07, 6.45) is 1.01. The number of benzene rings is 2. The molecular weight excluding hydrogens is 248 g/mol. The lowest BCUT2D eigenvalue weighted by Crippen LogP contribution is -2.20. The van der Waals surface area contributed by atoms with Crippen LogP contribution in [0.3, 0.4) is 0 Å². The normalized spacial score (nSPS) is 11.9. The number of anilines is 1. The van der Waals surface area contributed by atoms with Gasteiger partial charge in [-0.15, -0.1) is 0 Å². The summed E-state index contributed by atoms with van der Waals surface area (Å²) in [5.41, 5.74) is 8.12. The average molecular weight is 270 g/mol. The molecule has 2 aromatic rings. The number of nitrogens with two attached hydrogens (primary N) is 1. The van der Waals surface area contributed by atoms with Crippen molar-refractivity contribution in [3.63, 3.8) is 0 Å². The molecule has 0 heterocycles. The molecule has 0 aliphatic rings. The molecular formula is C17H22N2O. The highest BCUT2D eigenvalue weighted by Crippen LogP contribution is 2.22. The lowest BCUT2D eigenvalue weighted by atomic mass is 10.1. The van der Waals surface area contributed by atoms with Crippen LogP contribution in [-0.4, -0.2) is 13.2 Å². The Morgan fingerprint density at radius 2 is 1.90 bits per heavy atom. The molecule has 106 valence electrons. The van der Waals surface area contributed by atoms with Gasteiger partial charge < -0.3 is 15.8 Å². The van der Waals surface area contributed by atoms with Crippen LogP contribution in [0.25, 0.3) is 0 Å². The maximum absolute atomic E-state index is 5.90. The van der Waals surface area contributed by atoms with E-state index in [1.807, 2.05) is 42.5 Å². The molecule has 0 saturated carbocycles. The SMILES string of the molecule is CCCOc1cccc(C(CN)Nc2ccccc2)c1. The zero-order valence-corrected chi connectivity index (χ0v) is 11.9. The van der Waals surface area contributed by atoms with Crippen LogP contribution in [0.4, 0.5) is 5.69 Å². The highest BCUT2D eigenvalue weighted by atomic mass is 16.5. The largest absolute Gasteiger partial charge is 0.494 e. The maximum Gasteiger partial charge on any atom is 0.119 e. The van der Waals surface area contributed by atoms with E-state index in [4.69, 9.17) is 10.5 Å². The molecule has 0 fully saturated rings. The van der Waals surface area contributed by atoms with Gasteiger partial charge in [0.2, 0.25) is 0 Å². The van der Waals surface area contributed by atoms with Crippen molar-refractivity contribution in [2.45, 2.75) is 19.4 Å². The van der Waals surface area contributed by atoms with E-state index in [2.05, 4.69) is 24.4 Å². The van der Waals surface area contributed by atoms with Gasteiger partial charge in [-0.05, 0) is 36.2 Å². The molecule has 3 N–H and O–H groups in total. The predicted molar refractivity (Wildman–Crippen MR) is 84.1 cm³/mol. The van der Waals surface area contributed by atoms with E-state index in [0.29, 0.717) is 6.54 Å². The van der Waals surface area contributed by atoms with Gasteiger partial charge in [0.25, 0.3) is 0 Å². The standard InChI is InChI=1S/C17H22N2O/c1-2-11-20-16-10-6-7-14(12-16)17(13-18)19-15-8-4-3-5-9-15/h3-10,12,17,19H,2,11,13,18H2,1H3. The van der Waals surface area contributed by atoms with Gasteiger partial charge in [0, 0.05) is 12.2 Å². The summed E-state index contributed by atoms with van der Waals surface area (Å²) in [7, 11) is 0. The van der Waals surface area contributed by atoms with Gasteiger partial charge in [-0.3, -0.25) is 0 Å². The molecule has 20 heavy (non-hydrogen) atoms. The number of rotatable bonds is 7. The van der Waals surface area contributed by atoms with Gasteiger partial charge in [-0.2, -0.15) is 0 Å². The average Bonchev–Trinajstić information content (AvgIpc) is 2.52. The molecule has 0 radical (unpaired) electrons. The summed E-state index contributed by atoms with van der Waals surface area (Å²) >= 11 is 0. The third kappa shape index (κ3) is 4.00. The quantitative estimate of drug-likeness (QED) is 0.808. The zero-order chi connectivity index (χ0) is 14.2. The van der Waals surface area contributed by atoms with Gasteiger partial charge >= 0.3 is 0 Å². The van der Waals surface area contributed by atoms with Crippen molar-refractivity contribution < 1.29 is 4.74 Å². The van der Waals surface area contributed by atoms with Crippen LogP contribution in [-0.2, 0) is 0 Å². The van der Waals surface area contributed by atoms with Crippen LogP contribution in [0.5, 0.6) is 5.75 Å². The van der Waals surface area contributed by atoms with Crippen molar-refractivity contribution in [2.24, 2.45) is 5.73 Å². The van der Waals surface area contributed by atoms with Crippen molar-refractivity contribution >= 4 is 5.69 Å². The predicted octanol–water partition coefficient (Wildman–Crippen LogP) is 3.59. The second-order valence-corrected chi connectivity index (χ2v) is 4.72. The number of ether oxygens (including phenoxy) is 1. The summed E-state index contributed by atoms with van der Waals surface area (Å²) in [5.74, 6) is 0.901. The second kappa shape index (κ2) is 7.56. The van der Waals surface area contributed by atoms with E-state index in [0.717, 1.165) is 30.0 Å². The molecule has 3 heteroatoms. The topological polar surface area (TPSA) is 47.3 Å². The first kappa shape index (κ1) is 14.4. The summed E-state index contributed by atoms with van der Waals surface area (Å²) in [5, 5.41) is 3.45. The molecule has 0 aliphatic carbocycles. The maximum atomic E-state index is 5.90. The number of para-hydroxylation sites is 1. The minimum Gasteiger partial charge on any atom is -0.494 e. The molecule has 0 aliphatic heterocycles. The van der Waals surface area contributed by atoms with Crippen molar-refractivity contribution in [1.82, 2.24) is 0 Å².